The summed E-state index contributed by atoms with van der Waals surface area (Å²) in [5.74, 6) is -0.194. The number of nitrogens with one attached hydrogen (secondary N) is 3. The van der Waals surface area contributed by atoms with Crippen molar-refractivity contribution in [2.24, 2.45) is 5.92 Å². The summed E-state index contributed by atoms with van der Waals surface area (Å²) in [4.78, 5) is 31.0. The predicted octanol–water partition coefficient (Wildman–Crippen LogP) is 5.53. The number of H-pyrrole nitrogens is 1. The van der Waals surface area contributed by atoms with Crippen molar-refractivity contribution in [3.05, 3.63) is 65.2 Å². The fraction of sp³-hybridized carbons (Fsp3) is 0.429. The number of anilines is 1. The van der Waals surface area contributed by atoms with E-state index in [0.29, 0.717) is 11.3 Å². The minimum Gasteiger partial charge on any atom is -0.340 e. The second-order valence-electron chi connectivity index (χ2n) is 9.86. The van der Waals surface area contributed by atoms with Gasteiger partial charge in [0.25, 0.3) is 5.91 Å². The Hall–Kier alpha value is -3.48. The molecule has 2 aromatic heterocycles. The van der Waals surface area contributed by atoms with Crippen LogP contribution in [0, 0.1) is 19.8 Å². The Balaban J connectivity index is 1.52. The van der Waals surface area contributed by atoms with Gasteiger partial charge in [-0.25, -0.2) is 0 Å². The quantitative estimate of drug-likeness (QED) is 0.420. The van der Waals surface area contributed by atoms with Gasteiger partial charge in [-0.05, 0) is 67.9 Å². The van der Waals surface area contributed by atoms with E-state index in [0.717, 1.165) is 53.8 Å². The van der Waals surface area contributed by atoms with Gasteiger partial charge in [0.2, 0.25) is 5.91 Å². The third kappa shape index (κ3) is 5.61. The molecule has 1 fully saturated rings. The number of rotatable bonds is 7. The molecule has 4 rings (SSSR count). The zero-order chi connectivity index (χ0) is 24.9. The molecule has 7 nitrogen and oxygen atoms in total. The SMILES string of the molecule is Cc1ccnc(C)c1-c1ccc(NC(=O)[C@@H](NC(=O)c2cn[nH]c2C(C)C)C2CCCCC2)cc1. The second-order valence-corrected chi connectivity index (χ2v) is 9.86. The third-order valence-corrected chi connectivity index (χ3v) is 6.97. The van der Waals surface area contributed by atoms with Crippen LogP contribution in [0.15, 0.2) is 42.7 Å². The minimum atomic E-state index is -0.597. The normalized spacial score (nSPS) is 15.1. The Morgan fingerprint density at radius 1 is 1.03 bits per heavy atom. The topological polar surface area (TPSA) is 99.8 Å². The first kappa shape index (κ1) is 24.6. The number of hydrogen-bond donors (Lipinski definition) is 3. The van der Waals surface area contributed by atoms with Crippen LogP contribution in [-0.4, -0.2) is 33.0 Å². The van der Waals surface area contributed by atoms with E-state index in [2.05, 4.69) is 32.7 Å². The molecule has 35 heavy (non-hydrogen) atoms. The lowest BCUT2D eigenvalue weighted by atomic mass is 9.83. The highest BCUT2D eigenvalue weighted by Gasteiger charge is 2.32. The summed E-state index contributed by atoms with van der Waals surface area (Å²) in [5.41, 5.74) is 6.29. The molecule has 0 radical (unpaired) electrons. The molecule has 0 saturated heterocycles. The zero-order valence-electron chi connectivity index (χ0n) is 21.0. The van der Waals surface area contributed by atoms with Gasteiger partial charge in [0.15, 0.2) is 0 Å². The lowest BCUT2D eigenvalue weighted by Crippen LogP contribution is -2.49. The monoisotopic (exact) mass is 473 g/mol. The number of aromatic nitrogens is 3. The molecule has 1 aliphatic rings. The van der Waals surface area contributed by atoms with Crippen LogP contribution in [-0.2, 0) is 4.79 Å². The maximum Gasteiger partial charge on any atom is 0.255 e. The van der Waals surface area contributed by atoms with Crippen molar-refractivity contribution in [1.82, 2.24) is 20.5 Å². The van der Waals surface area contributed by atoms with E-state index in [1.165, 1.54) is 6.42 Å². The van der Waals surface area contributed by atoms with Crippen LogP contribution in [0.5, 0.6) is 0 Å². The Kier molecular flexibility index (Phi) is 7.63. The number of pyridine rings is 1. The van der Waals surface area contributed by atoms with Gasteiger partial charge in [0, 0.05) is 23.1 Å². The number of aryl methyl sites for hydroxylation is 2. The molecule has 0 aliphatic heterocycles. The maximum absolute atomic E-state index is 13.4. The molecule has 1 saturated carbocycles. The van der Waals surface area contributed by atoms with Crippen molar-refractivity contribution < 1.29 is 9.59 Å². The van der Waals surface area contributed by atoms with Crippen LogP contribution < -0.4 is 10.6 Å². The fourth-order valence-corrected chi connectivity index (χ4v) is 5.07. The smallest absolute Gasteiger partial charge is 0.255 e. The number of nitrogens with zero attached hydrogens (tertiary/aromatic N) is 2. The number of amides is 2. The van der Waals surface area contributed by atoms with Crippen molar-refractivity contribution in [3.63, 3.8) is 0 Å². The Morgan fingerprint density at radius 3 is 2.40 bits per heavy atom. The zero-order valence-corrected chi connectivity index (χ0v) is 21.0. The minimum absolute atomic E-state index is 0.113. The molecule has 2 heterocycles. The summed E-state index contributed by atoms with van der Waals surface area (Å²) in [6.45, 7) is 8.09. The summed E-state index contributed by atoms with van der Waals surface area (Å²) in [5, 5.41) is 13.1. The van der Waals surface area contributed by atoms with Gasteiger partial charge in [-0.3, -0.25) is 19.7 Å². The Bertz CT molecular complexity index is 1160. The van der Waals surface area contributed by atoms with E-state index >= 15 is 0 Å². The first-order valence-corrected chi connectivity index (χ1v) is 12.5. The summed E-state index contributed by atoms with van der Waals surface area (Å²) >= 11 is 0. The summed E-state index contributed by atoms with van der Waals surface area (Å²) in [6.07, 6.45) is 8.54. The number of aromatic amines is 1. The van der Waals surface area contributed by atoms with Crippen LogP contribution in [0.2, 0.25) is 0 Å². The highest BCUT2D eigenvalue weighted by molar-refractivity contribution is 6.01. The predicted molar refractivity (Wildman–Crippen MR) is 138 cm³/mol. The van der Waals surface area contributed by atoms with Crippen LogP contribution in [0.3, 0.4) is 0 Å². The van der Waals surface area contributed by atoms with Gasteiger partial charge in [-0.15, -0.1) is 0 Å². The van der Waals surface area contributed by atoms with E-state index in [-0.39, 0.29) is 23.7 Å². The largest absolute Gasteiger partial charge is 0.340 e. The molecule has 1 aliphatic carbocycles. The molecular weight excluding hydrogens is 438 g/mol. The first-order valence-electron chi connectivity index (χ1n) is 12.5. The van der Waals surface area contributed by atoms with Crippen molar-refractivity contribution >= 4 is 17.5 Å². The molecular formula is C28H35N5O2. The number of benzene rings is 1. The van der Waals surface area contributed by atoms with E-state index < -0.39 is 6.04 Å². The average Bonchev–Trinajstić information content (AvgIpc) is 3.34. The summed E-state index contributed by atoms with van der Waals surface area (Å²) in [6, 6.07) is 9.22. The standard InChI is InChI=1S/C28H35N5O2/c1-17(2)25-23(16-30-33-25)27(34)32-26(21-8-6-5-7-9-21)28(35)31-22-12-10-20(11-13-22)24-18(3)14-15-29-19(24)4/h10-17,21,26H,5-9H2,1-4H3,(H,30,33)(H,31,35)(H,32,34)/t26-/m0/s1. The maximum atomic E-state index is 13.4. The van der Waals surface area contributed by atoms with Crippen molar-refractivity contribution in [3.8, 4) is 11.1 Å². The van der Waals surface area contributed by atoms with Crippen LogP contribution >= 0.6 is 0 Å². The average molecular weight is 474 g/mol. The molecule has 1 aromatic carbocycles. The lowest BCUT2D eigenvalue weighted by Gasteiger charge is -2.30. The number of hydrogen-bond acceptors (Lipinski definition) is 4. The molecule has 184 valence electrons. The van der Waals surface area contributed by atoms with Gasteiger partial charge in [0.1, 0.15) is 6.04 Å². The van der Waals surface area contributed by atoms with Crippen LogP contribution in [0.1, 0.15) is 79.2 Å². The molecule has 2 amide bonds. The summed E-state index contributed by atoms with van der Waals surface area (Å²) in [7, 11) is 0. The van der Waals surface area contributed by atoms with Gasteiger partial charge in [-0.2, -0.15) is 5.10 Å². The van der Waals surface area contributed by atoms with Crippen molar-refractivity contribution in [2.75, 3.05) is 5.32 Å². The van der Waals surface area contributed by atoms with Gasteiger partial charge in [-0.1, -0.05) is 45.2 Å². The molecule has 3 aromatic rings. The highest BCUT2D eigenvalue weighted by atomic mass is 16.2. The molecule has 0 spiro atoms. The molecule has 7 heteroatoms. The fourth-order valence-electron chi connectivity index (χ4n) is 5.07. The molecule has 0 bridgehead atoms. The van der Waals surface area contributed by atoms with Gasteiger partial charge in [0.05, 0.1) is 17.5 Å². The summed E-state index contributed by atoms with van der Waals surface area (Å²) < 4.78 is 0. The lowest BCUT2D eigenvalue weighted by molar-refractivity contribution is -0.119. The molecule has 0 unspecified atom stereocenters. The molecule has 1 atom stereocenters. The number of carbonyl (C=O) groups is 2. The van der Waals surface area contributed by atoms with Crippen molar-refractivity contribution in [1.29, 1.82) is 0 Å². The van der Waals surface area contributed by atoms with E-state index in [1.54, 1.807) is 6.20 Å². The third-order valence-electron chi connectivity index (χ3n) is 6.97. The van der Waals surface area contributed by atoms with Gasteiger partial charge >= 0.3 is 0 Å². The van der Waals surface area contributed by atoms with E-state index in [1.807, 2.05) is 57.3 Å². The first-order chi connectivity index (χ1) is 16.8. The Morgan fingerprint density at radius 2 is 1.74 bits per heavy atom. The van der Waals surface area contributed by atoms with E-state index in [9.17, 15) is 9.59 Å². The van der Waals surface area contributed by atoms with Gasteiger partial charge < -0.3 is 10.6 Å². The van der Waals surface area contributed by atoms with Crippen LogP contribution in [0.4, 0.5) is 5.69 Å². The Labute approximate surface area is 207 Å². The highest BCUT2D eigenvalue weighted by Crippen LogP contribution is 2.29. The van der Waals surface area contributed by atoms with Crippen molar-refractivity contribution in [2.45, 2.75) is 71.8 Å². The van der Waals surface area contributed by atoms with Crippen LogP contribution in [0.25, 0.3) is 11.1 Å². The molecule has 3 N–H and O–H groups in total. The van der Waals surface area contributed by atoms with E-state index in [4.69, 9.17) is 0 Å². The second kappa shape index (κ2) is 10.8. The number of carbonyl (C=O) groups excluding carboxylic acids is 2.